The monoisotopic (exact) mass is 413 g/mol. The predicted octanol–water partition coefficient (Wildman–Crippen LogP) is 4.07. The summed E-state index contributed by atoms with van der Waals surface area (Å²) < 4.78 is 15.3. The number of benzene rings is 2. The summed E-state index contributed by atoms with van der Waals surface area (Å²) in [5.74, 6) is 0.472. The minimum atomic E-state index is -0.309. The van der Waals surface area contributed by atoms with Gasteiger partial charge in [0.2, 0.25) is 5.91 Å². The van der Waals surface area contributed by atoms with Crippen LogP contribution in [-0.2, 0) is 4.79 Å². The summed E-state index contributed by atoms with van der Waals surface area (Å²) in [4.78, 5) is 14.4. The Balaban J connectivity index is 1.81. The first-order chi connectivity index (χ1) is 13.8. The maximum Gasteiger partial charge on any atom is 0.234 e. The van der Waals surface area contributed by atoms with Crippen LogP contribution >= 0.6 is 11.8 Å². The lowest BCUT2D eigenvalue weighted by Crippen LogP contribution is -2.21. The molecular formula is C21H24FN5OS. The third-order valence-electron chi connectivity index (χ3n) is 4.53. The molecule has 1 atom stereocenters. The van der Waals surface area contributed by atoms with Gasteiger partial charge in [0.1, 0.15) is 5.82 Å². The molecule has 3 rings (SSSR count). The van der Waals surface area contributed by atoms with Crippen LogP contribution in [0.15, 0.2) is 53.7 Å². The van der Waals surface area contributed by atoms with E-state index in [2.05, 4.69) is 15.5 Å². The number of thioether (sulfide) groups is 1. The van der Waals surface area contributed by atoms with Crippen LogP contribution in [0, 0.1) is 12.7 Å². The number of nitrogens with one attached hydrogen (secondary N) is 1. The van der Waals surface area contributed by atoms with E-state index in [9.17, 15) is 9.18 Å². The summed E-state index contributed by atoms with van der Waals surface area (Å²) in [6.45, 7) is 3.99. The van der Waals surface area contributed by atoms with Gasteiger partial charge in [-0.25, -0.2) is 4.39 Å². The molecule has 0 fully saturated rings. The van der Waals surface area contributed by atoms with Gasteiger partial charge in [-0.15, -0.1) is 10.2 Å². The van der Waals surface area contributed by atoms with Crippen LogP contribution in [0.1, 0.15) is 24.4 Å². The number of aryl methyl sites for hydroxylation is 1. The van der Waals surface area contributed by atoms with Crippen LogP contribution in [0.25, 0.3) is 5.69 Å². The van der Waals surface area contributed by atoms with Gasteiger partial charge in [-0.3, -0.25) is 14.3 Å². The lowest BCUT2D eigenvalue weighted by Gasteiger charge is -2.20. The molecule has 0 spiro atoms. The molecule has 0 aliphatic rings. The molecule has 0 aliphatic heterocycles. The van der Waals surface area contributed by atoms with Gasteiger partial charge < -0.3 is 5.32 Å². The molecule has 0 unspecified atom stereocenters. The summed E-state index contributed by atoms with van der Waals surface area (Å²) >= 11 is 1.29. The summed E-state index contributed by atoms with van der Waals surface area (Å²) in [5, 5.41) is 12.1. The smallest absolute Gasteiger partial charge is 0.234 e. The molecular weight excluding hydrogens is 389 g/mol. The number of hydrogen-bond donors (Lipinski definition) is 1. The topological polar surface area (TPSA) is 63.1 Å². The molecule has 1 heterocycles. The van der Waals surface area contributed by atoms with E-state index in [-0.39, 0.29) is 23.5 Å². The number of halogens is 1. The largest absolute Gasteiger partial charge is 0.325 e. The van der Waals surface area contributed by atoms with E-state index in [1.54, 1.807) is 12.1 Å². The van der Waals surface area contributed by atoms with Gasteiger partial charge in [0, 0.05) is 11.4 Å². The zero-order valence-corrected chi connectivity index (χ0v) is 17.7. The summed E-state index contributed by atoms with van der Waals surface area (Å²) in [5.41, 5.74) is 2.59. The number of amides is 1. The third kappa shape index (κ3) is 5.21. The maximum atomic E-state index is 13.4. The highest BCUT2D eigenvalue weighted by Gasteiger charge is 2.21. The van der Waals surface area contributed by atoms with Gasteiger partial charge in [0.15, 0.2) is 11.0 Å². The van der Waals surface area contributed by atoms with Crippen LogP contribution < -0.4 is 5.32 Å². The number of carbonyl (C=O) groups excluding carboxylic acids is 1. The summed E-state index contributed by atoms with van der Waals surface area (Å²) in [6.07, 6.45) is 0. The molecule has 0 bridgehead atoms. The molecule has 29 heavy (non-hydrogen) atoms. The average Bonchev–Trinajstić information content (AvgIpc) is 3.10. The van der Waals surface area contributed by atoms with Crippen molar-refractivity contribution in [1.29, 1.82) is 0 Å². The Bertz CT molecular complexity index is 987. The Kier molecular flexibility index (Phi) is 6.66. The van der Waals surface area contributed by atoms with Gasteiger partial charge in [-0.05, 0) is 69.9 Å². The number of hydrogen-bond acceptors (Lipinski definition) is 5. The number of aromatic nitrogens is 3. The molecule has 152 valence electrons. The van der Waals surface area contributed by atoms with Gasteiger partial charge >= 0.3 is 0 Å². The molecule has 1 amide bonds. The Morgan fingerprint density at radius 2 is 1.93 bits per heavy atom. The van der Waals surface area contributed by atoms with E-state index in [1.165, 1.54) is 23.9 Å². The molecule has 1 N–H and O–H groups in total. The third-order valence-corrected chi connectivity index (χ3v) is 5.45. The molecule has 8 heteroatoms. The van der Waals surface area contributed by atoms with Gasteiger partial charge in [-0.2, -0.15) is 0 Å². The first-order valence-electron chi connectivity index (χ1n) is 9.22. The molecule has 2 aromatic carbocycles. The fourth-order valence-corrected chi connectivity index (χ4v) is 3.52. The SMILES string of the molecule is Cc1cccc(NC(=O)CSc2nnc([C@H](C)N(C)C)n2-c2ccc(F)cc2)c1. The van der Waals surface area contributed by atoms with Crippen molar-refractivity contribution in [1.82, 2.24) is 19.7 Å². The second-order valence-corrected chi connectivity index (χ2v) is 7.94. The standard InChI is InChI=1S/C21H24FN5OS/c1-14-6-5-7-17(12-14)23-19(28)13-29-21-25-24-20(15(2)26(3)4)27(21)18-10-8-16(22)9-11-18/h5-12,15H,13H2,1-4H3,(H,23,28)/t15-/m0/s1. The number of carbonyl (C=O) groups is 1. The van der Waals surface area contributed by atoms with Gasteiger partial charge in [-0.1, -0.05) is 23.9 Å². The molecule has 3 aromatic rings. The normalized spacial score (nSPS) is 12.2. The van der Waals surface area contributed by atoms with E-state index < -0.39 is 0 Å². The van der Waals surface area contributed by atoms with Crippen LogP contribution in [-0.4, -0.2) is 45.4 Å². The van der Waals surface area contributed by atoms with E-state index in [4.69, 9.17) is 0 Å². The van der Waals surface area contributed by atoms with E-state index in [1.807, 2.05) is 61.7 Å². The molecule has 6 nitrogen and oxygen atoms in total. The van der Waals surface area contributed by atoms with E-state index >= 15 is 0 Å². The highest BCUT2D eigenvalue weighted by Crippen LogP contribution is 2.27. The summed E-state index contributed by atoms with van der Waals surface area (Å²) in [6, 6.07) is 13.8. The Morgan fingerprint density at radius 1 is 1.21 bits per heavy atom. The summed E-state index contributed by atoms with van der Waals surface area (Å²) in [7, 11) is 3.91. The maximum absolute atomic E-state index is 13.4. The molecule has 0 radical (unpaired) electrons. The van der Waals surface area contributed by atoms with Crippen LogP contribution in [0.2, 0.25) is 0 Å². The van der Waals surface area contributed by atoms with Crippen molar-refractivity contribution < 1.29 is 9.18 Å². The molecule has 0 saturated carbocycles. The minimum absolute atomic E-state index is 0.0111. The predicted molar refractivity (Wildman–Crippen MR) is 114 cm³/mol. The fourth-order valence-electron chi connectivity index (χ4n) is 2.76. The lowest BCUT2D eigenvalue weighted by atomic mass is 10.2. The Labute approximate surface area is 174 Å². The molecule has 0 aliphatic carbocycles. The van der Waals surface area contributed by atoms with Crippen molar-refractivity contribution in [3.63, 3.8) is 0 Å². The van der Waals surface area contributed by atoms with Crippen LogP contribution in [0.4, 0.5) is 10.1 Å². The Morgan fingerprint density at radius 3 is 2.59 bits per heavy atom. The minimum Gasteiger partial charge on any atom is -0.325 e. The van der Waals surface area contributed by atoms with Crippen molar-refractivity contribution in [2.24, 2.45) is 0 Å². The lowest BCUT2D eigenvalue weighted by molar-refractivity contribution is -0.113. The first kappa shape index (κ1) is 21.0. The number of rotatable bonds is 7. The molecule has 0 saturated heterocycles. The fraction of sp³-hybridized carbons (Fsp3) is 0.286. The first-order valence-corrected chi connectivity index (χ1v) is 10.2. The highest BCUT2D eigenvalue weighted by molar-refractivity contribution is 7.99. The number of anilines is 1. The quantitative estimate of drug-likeness (QED) is 0.592. The highest BCUT2D eigenvalue weighted by atomic mass is 32.2. The van der Waals surface area contributed by atoms with Crippen molar-refractivity contribution in [3.8, 4) is 5.69 Å². The van der Waals surface area contributed by atoms with Crippen molar-refractivity contribution in [3.05, 3.63) is 65.7 Å². The van der Waals surface area contributed by atoms with Gasteiger partial charge in [0.05, 0.1) is 11.8 Å². The zero-order valence-electron chi connectivity index (χ0n) is 16.9. The zero-order chi connectivity index (χ0) is 21.0. The van der Waals surface area contributed by atoms with Crippen LogP contribution in [0.5, 0.6) is 0 Å². The average molecular weight is 414 g/mol. The van der Waals surface area contributed by atoms with Crippen LogP contribution in [0.3, 0.4) is 0 Å². The van der Waals surface area contributed by atoms with Crippen molar-refractivity contribution >= 4 is 23.4 Å². The second kappa shape index (κ2) is 9.19. The van der Waals surface area contributed by atoms with E-state index in [0.717, 1.165) is 22.8 Å². The van der Waals surface area contributed by atoms with Crippen molar-refractivity contribution in [2.45, 2.75) is 25.0 Å². The molecule has 1 aromatic heterocycles. The Hall–Kier alpha value is -2.71. The van der Waals surface area contributed by atoms with E-state index in [0.29, 0.717) is 5.16 Å². The van der Waals surface area contributed by atoms with Crippen molar-refractivity contribution in [2.75, 3.05) is 25.2 Å². The second-order valence-electron chi connectivity index (χ2n) is 7.00. The number of nitrogens with zero attached hydrogens (tertiary/aromatic N) is 4. The van der Waals surface area contributed by atoms with Gasteiger partial charge in [0.25, 0.3) is 0 Å².